The second kappa shape index (κ2) is 10.8. The quantitative estimate of drug-likeness (QED) is 0.680. The summed E-state index contributed by atoms with van der Waals surface area (Å²) in [5.74, 6) is 1.45. The summed E-state index contributed by atoms with van der Waals surface area (Å²) in [6.07, 6.45) is 5.36. The van der Waals surface area contributed by atoms with E-state index in [-0.39, 0.29) is 0 Å². The van der Waals surface area contributed by atoms with Crippen molar-refractivity contribution < 1.29 is 19.4 Å². The standard InChI is InChI=1S/C17H24N2O2.C7H6O2/c18-17(20)13-5-7-16(8-6-13)21-10-2-9-19-11-14-3-1-4-15(14)12-19;8-7(9)6-4-2-1-3-5-6/h5-8,14-15H,1-4,9-12H2,(H2,18,20);1-5H,(H,8,9)/t14-,15+;. The van der Waals surface area contributed by atoms with Gasteiger partial charge >= 0.3 is 5.97 Å². The fourth-order valence-electron chi connectivity index (χ4n) is 4.29. The molecule has 0 spiro atoms. The molecule has 4 rings (SSSR count). The molecular formula is C24H30N2O4. The van der Waals surface area contributed by atoms with Gasteiger partial charge in [0.25, 0.3) is 0 Å². The molecule has 2 aliphatic rings. The van der Waals surface area contributed by atoms with Crippen molar-refractivity contribution >= 4 is 11.9 Å². The highest BCUT2D eigenvalue weighted by molar-refractivity contribution is 5.92. The molecule has 2 fully saturated rings. The molecule has 30 heavy (non-hydrogen) atoms. The Morgan fingerprint density at radius 3 is 2.13 bits per heavy atom. The minimum Gasteiger partial charge on any atom is -0.494 e. The molecule has 160 valence electrons. The van der Waals surface area contributed by atoms with E-state index in [1.165, 1.54) is 32.4 Å². The van der Waals surface area contributed by atoms with Gasteiger partial charge in [0, 0.05) is 25.2 Å². The van der Waals surface area contributed by atoms with Crippen LogP contribution in [0.1, 0.15) is 46.4 Å². The van der Waals surface area contributed by atoms with E-state index in [4.69, 9.17) is 15.6 Å². The van der Waals surface area contributed by atoms with Gasteiger partial charge in [0.15, 0.2) is 0 Å². The lowest BCUT2D eigenvalue weighted by atomic mass is 10.0. The Morgan fingerprint density at radius 1 is 0.967 bits per heavy atom. The van der Waals surface area contributed by atoms with Crippen molar-refractivity contribution in [3.8, 4) is 5.75 Å². The van der Waals surface area contributed by atoms with Gasteiger partial charge in [0.05, 0.1) is 12.2 Å². The van der Waals surface area contributed by atoms with E-state index in [0.717, 1.165) is 37.2 Å². The molecule has 1 aliphatic heterocycles. The number of primary amides is 1. The molecule has 2 atom stereocenters. The Bertz CT molecular complexity index is 811. The van der Waals surface area contributed by atoms with Gasteiger partial charge in [-0.15, -0.1) is 0 Å². The highest BCUT2D eigenvalue weighted by Crippen LogP contribution is 2.37. The molecule has 0 aromatic heterocycles. The minimum atomic E-state index is -0.879. The molecule has 3 N–H and O–H groups in total. The summed E-state index contributed by atoms with van der Waals surface area (Å²) in [7, 11) is 0. The van der Waals surface area contributed by atoms with Gasteiger partial charge in [0.1, 0.15) is 5.75 Å². The van der Waals surface area contributed by atoms with Crippen molar-refractivity contribution in [2.45, 2.75) is 25.7 Å². The second-order valence-corrected chi connectivity index (χ2v) is 7.97. The molecule has 2 aromatic carbocycles. The molecule has 0 radical (unpaired) electrons. The van der Waals surface area contributed by atoms with Crippen LogP contribution in [0, 0.1) is 11.8 Å². The topological polar surface area (TPSA) is 92.9 Å². The molecule has 0 unspecified atom stereocenters. The first-order valence-electron chi connectivity index (χ1n) is 10.6. The zero-order valence-electron chi connectivity index (χ0n) is 17.2. The van der Waals surface area contributed by atoms with E-state index in [9.17, 15) is 9.59 Å². The third-order valence-corrected chi connectivity index (χ3v) is 5.85. The number of nitrogens with zero attached hydrogens (tertiary/aromatic N) is 1. The SMILES string of the molecule is NC(=O)c1ccc(OCCCN2C[C@H]3CCC[C@H]3C2)cc1.O=C(O)c1ccccc1. The number of nitrogens with two attached hydrogens (primary N) is 1. The van der Waals surface area contributed by atoms with Gasteiger partial charge in [-0.05, 0) is 67.5 Å². The molecule has 1 saturated heterocycles. The number of rotatable bonds is 7. The Hall–Kier alpha value is -2.86. The number of carbonyl (C=O) groups excluding carboxylic acids is 1. The van der Waals surface area contributed by atoms with E-state index in [0.29, 0.717) is 11.1 Å². The number of likely N-dealkylation sites (tertiary alicyclic amines) is 1. The summed E-state index contributed by atoms with van der Waals surface area (Å²) >= 11 is 0. The lowest BCUT2D eigenvalue weighted by Crippen LogP contribution is -2.24. The zero-order valence-corrected chi connectivity index (χ0v) is 17.2. The molecule has 6 nitrogen and oxygen atoms in total. The van der Waals surface area contributed by atoms with Gasteiger partial charge in [-0.1, -0.05) is 24.6 Å². The van der Waals surface area contributed by atoms with Crippen LogP contribution in [0.15, 0.2) is 54.6 Å². The number of hydrogen-bond acceptors (Lipinski definition) is 4. The highest BCUT2D eigenvalue weighted by Gasteiger charge is 2.35. The van der Waals surface area contributed by atoms with Crippen LogP contribution in [0.5, 0.6) is 5.75 Å². The Labute approximate surface area is 177 Å². The van der Waals surface area contributed by atoms with Gasteiger partial charge < -0.3 is 20.5 Å². The number of fused-ring (bicyclic) bond motifs is 1. The van der Waals surface area contributed by atoms with Crippen LogP contribution in [0.25, 0.3) is 0 Å². The van der Waals surface area contributed by atoms with Crippen molar-refractivity contribution in [1.82, 2.24) is 4.90 Å². The summed E-state index contributed by atoms with van der Waals surface area (Å²) in [4.78, 5) is 23.8. The van der Waals surface area contributed by atoms with Crippen LogP contribution in [0.3, 0.4) is 0 Å². The van der Waals surface area contributed by atoms with E-state index in [1.54, 1.807) is 54.6 Å². The number of benzene rings is 2. The number of aromatic carboxylic acids is 1. The molecule has 6 heteroatoms. The predicted octanol–water partition coefficient (Wildman–Crippen LogP) is 3.67. The van der Waals surface area contributed by atoms with Crippen LogP contribution < -0.4 is 10.5 Å². The monoisotopic (exact) mass is 410 g/mol. The normalized spacial score (nSPS) is 20.1. The average molecular weight is 411 g/mol. The van der Waals surface area contributed by atoms with Crippen LogP contribution in [-0.4, -0.2) is 48.1 Å². The van der Waals surface area contributed by atoms with Gasteiger partial charge in [-0.2, -0.15) is 0 Å². The molecule has 1 heterocycles. The lowest BCUT2D eigenvalue weighted by molar-refractivity contribution is 0.0696. The average Bonchev–Trinajstić information content (AvgIpc) is 3.34. The third kappa shape index (κ3) is 6.32. The van der Waals surface area contributed by atoms with Crippen LogP contribution >= 0.6 is 0 Å². The molecule has 0 bridgehead atoms. The molecule has 1 amide bonds. The summed E-state index contributed by atoms with van der Waals surface area (Å²) in [5, 5.41) is 8.38. The minimum absolute atomic E-state index is 0.331. The molecule has 1 saturated carbocycles. The van der Waals surface area contributed by atoms with Crippen LogP contribution in [0.2, 0.25) is 0 Å². The smallest absolute Gasteiger partial charge is 0.335 e. The second-order valence-electron chi connectivity index (χ2n) is 7.97. The van der Waals surface area contributed by atoms with Crippen LogP contribution in [0.4, 0.5) is 0 Å². The van der Waals surface area contributed by atoms with Gasteiger partial charge in [-0.25, -0.2) is 4.79 Å². The molecular weight excluding hydrogens is 380 g/mol. The number of carbonyl (C=O) groups is 2. The maximum Gasteiger partial charge on any atom is 0.335 e. The third-order valence-electron chi connectivity index (χ3n) is 5.85. The first-order chi connectivity index (χ1) is 14.5. The Balaban J connectivity index is 0.000000239. The fourth-order valence-corrected chi connectivity index (χ4v) is 4.29. The first-order valence-corrected chi connectivity index (χ1v) is 10.6. The van der Waals surface area contributed by atoms with E-state index < -0.39 is 11.9 Å². The lowest BCUT2D eigenvalue weighted by Gasteiger charge is -2.16. The van der Waals surface area contributed by atoms with Crippen molar-refractivity contribution in [1.29, 1.82) is 0 Å². The maximum atomic E-state index is 11.0. The maximum absolute atomic E-state index is 11.0. The molecule has 1 aliphatic carbocycles. The van der Waals surface area contributed by atoms with Gasteiger partial charge in [0.2, 0.25) is 5.91 Å². The number of carboxylic acid groups (broad SMARTS) is 1. The van der Waals surface area contributed by atoms with Crippen molar-refractivity contribution in [3.63, 3.8) is 0 Å². The summed E-state index contributed by atoms with van der Waals surface area (Å²) in [6.45, 7) is 4.43. The number of ether oxygens (including phenoxy) is 1. The largest absolute Gasteiger partial charge is 0.494 e. The highest BCUT2D eigenvalue weighted by atomic mass is 16.5. The first kappa shape index (κ1) is 21.8. The number of hydrogen-bond donors (Lipinski definition) is 2. The van der Waals surface area contributed by atoms with E-state index >= 15 is 0 Å². The Morgan fingerprint density at radius 2 is 1.60 bits per heavy atom. The summed E-state index contributed by atoms with van der Waals surface area (Å²) in [6, 6.07) is 15.3. The fraction of sp³-hybridized carbons (Fsp3) is 0.417. The Kier molecular flexibility index (Phi) is 7.85. The number of amides is 1. The zero-order chi connectivity index (χ0) is 21.3. The predicted molar refractivity (Wildman–Crippen MR) is 116 cm³/mol. The van der Waals surface area contributed by atoms with Crippen molar-refractivity contribution in [2.24, 2.45) is 17.6 Å². The van der Waals surface area contributed by atoms with Crippen LogP contribution in [-0.2, 0) is 0 Å². The number of carboxylic acids is 1. The summed E-state index contributed by atoms with van der Waals surface area (Å²) in [5.41, 5.74) is 6.06. The van der Waals surface area contributed by atoms with Crippen molar-refractivity contribution in [3.05, 3.63) is 65.7 Å². The van der Waals surface area contributed by atoms with E-state index in [1.807, 2.05) is 0 Å². The summed E-state index contributed by atoms with van der Waals surface area (Å²) < 4.78 is 5.72. The van der Waals surface area contributed by atoms with Gasteiger partial charge in [-0.3, -0.25) is 4.79 Å². The molecule has 2 aromatic rings. The van der Waals surface area contributed by atoms with Crippen molar-refractivity contribution in [2.75, 3.05) is 26.2 Å². The van der Waals surface area contributed by atoms with E-state index in [2.05, 4.69) is 4.90 Å².